The second-order valence-corrected chi connectivity index (χ2v) is 5.55. The number of aliphatic carboxylic acids is 1. The van der Waals surface area contributed by atoms with Crippen LogP contribution < -0.4 is 0 Å². The van der Waals surface area contributed by atoms with Crippen molar-refractivity contribution in [2.75, 3.05) is 13.1 Å². The number of rotatable bonds is 2. The van der Waals surface area contributed by atoms with Gasteiger partial charge in [0.05, 0.1) is 5.92 Å². The van der Waals surface area contributed by atoms with E-state index in [9.17, 15) is 14.4 Å². The second-order valence-electron chi connectivity index (χ2n) is 5.55. The van der Waals surface area contributed by atoms with Crippen molar-refractivity contribution in [2.24, 2.45) is 11.8 Å². The van der Waals surface area contributed by atoms with Crippen LogP contribution in [-0.4, -0.2) is 47.0 Å². The van der Waals surface area contributed by atoms with E-state index < -0.39 is 29.5 Å². The third-order valence-electron chi connectivity index (χ3n) is 2.68. The molecule has 6 heteroatoms. The van der Waals surface area contributed by atoms with E-state index in [1.807, 2.05) is 0 Å². The van der Waals surface area contributed by atoms with Crippen molar-refractivity contribution < 1.29 is 24.2 Å². The minimum atomic E-state index is -0.991. The van der Waals surface area contributed by atoms with Gasteiger partial charge in [-0.15, -0.1) is 0 Å². The smallest absolute Gasteiger partial charge is 0.410 e. The number of nitrogens with zero attached hydrogens (tertiary/aromatic N) is 1. The number of carbonyl (C=O) groups excluding carboxylic acids is 2. The van der Waals surface area contributed by atoms with Crippen molar-refractivity contribution in [1.82, 2.24) is 4.90 Å². The molecule has 0 unspecified atom stereocenters. The molecule has 18 heavy (non-hydrogen) atoms. The monoisotopic (exact) mass is 257 g/mol. The van der Waals surface area contributed by atoms with Gasteiger partial charge >= 0.3 is 12.1 Å². The van der Waals surface area contributed by atoms with E-state index >= 15 is 0 Å². The number of likely N-dealkylation sites (tertiary alicyclic amines) is 1. The Morgan fingerprint density at radius 2 is 1.94 bits per heavy atom. The number of aldehydes is 1. The Bertz CT molecular complexity index is 347. The van der Waals surface area contributed by atoms with Crippen LogP contribution in [-0.2, 0) is 14.3 Å². The van der Waals surface area contributed by atoms with Crippen LogP contribution in [0.2, 0.25) is 0 Å². The first-order valence-electron chi connectivity index (χ1n) is 5.89. The molecule has 102 valence electrons. The summed E-state index contributed by atoms with van der Waals surface area (Å²) in [5.41, 5.74) is -0.635. The molecule has 0 aromatic carbocycles. The molecule has 2 atom stereocenters. The molecular formula is C12H19NO5. The van der Waals surface area contributed by atoms with Crippen LogP contribution in [0.15, 0.2) is 0 Å². The molecule has 0 aliphatic carbocycles. The molecule has 1 saturated heterocycles. The number of hydrogen-bond donors (Lipinski definition) is 1. The van der Waals surface area contributed by atoms with Crippen LogP contribution in [0.1, 0.15) is 27.2 Å². The van der Waals surface area contributed by atoms with Gasteiger partial charge in [-0.25, -0.2) is 4.79 Å². The van der Waals surface area contributed by atoms with Gasteiger partial charge in [-0.3, -0.25) is 4.79 Å². The Kier molecular flexibility index (Phi) is 4.32. The Morgan fingerprint density at radius 1 is 1.33 bits per heavy atom. The van der Waals surface area contributed by atoms with E-state index in [0.717, 1.165) is 0 Å². The lowest BCUT2D eigenvalue weighted by atomic mass is 9.90. The summed E-state index contributed by atoms with van der Waals surface area (Å²) in [7, 11) is 0. The largest absolute Gasteiger partial charge is 0.481 e. The molecule has 1 amide bonds. The number of hydrogen-bond acceptors (Lipinski definition) is 4. The van der Waals surface area contributed by atoms with Gasteiger partial charge in [0.15, 0.2) is 0 Å². The second kappa shape index (κ2) is 5.37. The van der Waals surface area contributed by atoms with Gasteiger partial charge in [0, 0.05) is 19.0 Å². The molecule has 1 aliphatic rings. The molecule has 1 fully saturated rings. The highest BCUT2D eigenvalue weighted by Crippen LogP contribution is 2.22. The normalized spacial score (nSPS) is 24.5. The first-order valence-corrected chi connectivity index (χ1v) is 5.89. The van der Waals surface area contributed by atoms with Crippen LogP contribution in [0.3, 0.4) is 0 Å². The van der Waals surface area contributed by atoms with Crippen LogP contribution >= 0.6 is 0 Å². The summed E-state index contributed by atoms with van der Waals surface area (Å²) in [6, 6.07) is 0. The maximum atomic E-state index is 11.8. The molecule has 0 radical (unpaired) electrons. The molecular weight excluding hydrogens is 238 g/mol. The summed E-state index contributed by atoms with van der Waals surface area (Å²) in [6.45, 7) is 5.53. The zero-order valence-corrected chi connectivity index (χ0v) is 10.9. The molecule has 0 bridgehead atoms. The van der Waals surface area contributed by atoms with Crippen LogP contribution in [0.25, 0.3) is 0 Å². The Balaban J connectivity index is 2.72. The van der Waals surface area contributed by atoms with E-state index in [1.54, 1.807) is 20.8 Å². The molecule has 1 rings (SSSR count). The standard InChI is InChI=1S/C12H19NO5/c1-12(2,3)18-11(17)13-5-8(7-14)4-9(6-13)10(15)16/h7-9H,4-6H2,1-3H3,(H,15,16)/t8-,9+/m1/s1. The van der Waals surface area contributed by atoms with E-state index in [-0.39, 0.29) is 19.5 Å². The first-order chi connectivity index (χ1) is 8.23. The summed E-state index contributed by atoms with van der Waals surface area (Å²) in [6.07, 6.45) is 0.408. The van der Waals surface area contributed by atoms with Crippen molar-refractivity contribution in [3.05, 3.63) is 0 Å². The number of carbonyl (C=O) groups is 3. The van der Waals surface area contributed by atoms with Crippen molar-refractivity contribution in [1.29, 1.82) is 0 Å². The lowest BCUT2D eigenvalue weighted by molar-refractivity contribution is -0.144. The van der Waals surface area contributed by atoms with Gasteiger partial charge in [-0.05, 0) is 27.2 Å². The van der Waals surface area contributed by atoms with Crippen LogP contribution in [0, 0.1) is 11.8 Å². The SMILES string of the molecule is CC(C)(C)OC(=O)N1C[C@H](C=O)C[C@H](C(=O)O)C1. The van der Waals surface area contributed by atoms with E-state index in [0.29, 0.717) is 6.29 Å². The van der Waals surface area contributed by atoms with Crippen molar-refractivity contribution in [3.63, 3.8) is 0 Å². The quantitative estimate of drug-likeness (QED) is 0.750. The van der Waals surface area contributed by atoms with Crippen molar-refractivity contribution >= 4 is 18.3 Å². The molecule has 1 heterocycles. The van der Waals surface area contributed by atoms with Crippen LogP contribution in [0.4, 0.5) is 4.79 Å². The Labute approximate surface area is 106 Å². The number of amides is 1. The highest BCUT2D eigenvalue weighted by atomic mass is 16.6. The zero-order valence-electron chi connectivity index (χ0n) is 10.9. The summed E-state index contributed by atoms with van der Waals surface area (Å²) in [5, 5.41) is 8.99. The Morgan fingerprint density at radius 3 is 2.39 bits per heavy atom. The topological polar surface area (TPSA) is 83.9 Å². The molecule has 1 N–H and O–H groups in total. The number of ether oxygens (including phenoxy) is 1. The summed E-state index contributed by atoms with van der Waals surface area (Å²) < 4.78 is 5.18. The Hall–Kier alpha value is -1.59. The average molecular weight is 257 g/mol. The van der Waals surface area contributed by atoms with E-state index in [4.69, 9.17) is 9.84 Å². The van der Waals surface area contributed by atoms with E-state index in [1.165, 1.54) is 4.90 Å². The maximum absolute atomic E-state index is 11.8. The first kappa shape index (κ1) is 14.5. The summed E-state index contributed by atoms with van der Waals surface area (Å²) in [5.74, 6) is -2.14. The van der Waals surface area contributed by atoms with Crippen molar-refractivity contribution in [2.45, 2.75) is 32.8 Å². The fraction of sp³-hybridized carbons (Fsp3) is 0.750. The number of carboxylic acid groups (broad SMARTS) is 1. The predicted octanol–water partition coefficient (Wildman–Crippen LogP) is 1.14. The predicted molar refractivity (Wildman–Crippen MR) is 63.1 cm³/mol. The molecule has 6 nitrogen and oxygen atoms in total. The molecule has 0 spiro atoms. The van der Waals surface area contributed by atoms with Gasteiger partial charge in [-0.2, -0.15) is 0 Å². The fourth-order valence-corrected chi connectivity index (χ4v) is 1.89. The third kappa shape index (κ3) is 4.01. The van der Waals surface area contributed by atoms with Gasteiger partial charge in [0.25, 0.3) is 0 Å². The number of carboxylic acids is 1. The van der Waals surface area contributed by atoms with Crippen molar-refractivity contribution in [3.8, 4) is 0 Å². The minimum absolute atomic E-state index is 0.0919. The average Bonchev–Trinajstić information content (AvgIpc) is 2.26. The summed E-state index contributed by atoms with van der Waals surface area (Å²) >= 11 is 0. The summed E-state index contributed by atoms with van der Waals surface area (Å²) in [4.78, 5) is 34.9. The van der Waals surface area contributed by atoms with E-state index in [2.05, 4.69) is 0 Å². The maximum Gasteiger partial charge on any atom is 0.410 e. The lowest BCUT2D eigenvalue weighted by Crippen LogP contribution is -2.48. The minimum Gasteiger partial charge on any atom is -0.481 e. The van der Waals surface area contributed by atoms with Gasteiger partial charge in [-0.1, -0.05) is 0 Å². The third-order valence-corrected chi connectivity index (χ3v) is 2.68. The fourth-order valence-electron chi connectivity index (χ4n) is 1.89. The molecule has 0 aromatic heterocycles. The van der Waals surface area contributed by atoms with Gasteiger partial charge < -0.3 is 19.5 Å². The number of piperidine rings is 1. The molecule has 1 aliphatic heterocycles. The molecule has 0 saturated carbocycles. The highest BCUT2D eigenvalue weighted by molar-refractivity contribution is 5.74. The van der Waals surface area contributed by atoms with Gasteiger partial charge in [0.2, 0.25) is 0 Å². The molecule has 0 aromatic rings. The zero-order chi connectivity index (χ0) is 13.9. The lowest BCUT2D eigenvalue weighted by Gasteiger charge is -2.35. The van der Waals surface area contributed by atoms with Crippen LogP contribution in [0.5, 0.6) is 0 Å². The van der Waals surface area contributed by atoms with Gasteiger partial charge in [0.1, 0.15) is 11.9 Å². The highest BCUT2D eigenvalue weighted by Gasteiger charge is 2.35.